The van der Waals surface area contributed by atoms with Gasteiger partial charge < -0.3 is 14.2 Å². The van der Waals surface area contributed by atoms with Crippen molar-refractivity contribution < 1.29 is 28.6 Å². The van der Waals surface area contributed by atoms with Gasteiger partial charge in [0.1, 0.15) is 13.2 Å². The van der Waals surface area contributed by atoms with Crippen molar-refractivity contribution >= 4 is 17.9 Å². The van der Waals surface area contributed by atoms with E-state index in [1.54, 1.807) is 0 Å². The standard InChI is InChI=1S/C58H112O6/c1-5-7-9-11-13-15-17-19-21-23-25-27-29-35-39-43-47-51-58(61)64-55(53-63-57(60)50-46-42-38-34-31-30-32-36-40-44-48-54(3)4)52-62-56(59)49-45-41-37-33-28-26-24-22-20-18-16-14-12-10-8-6-2/h54-55H,5-53H2,1-4H3/t55-/m1/s1. The average Bonchev–Trinajstić information content (AvgIpc) is 3.28. The lowest BCUT2D eigenvalue weighted by Crippen LogP contribution is -2.30. The van der Waals surface area contributed by atoms with Crippen LogP contribution < -0.4 is 0 Å². The van der Waals surface area contributed by atoms with Gasteiger partial charge in [0.15, 0.2) is 6.10 Å². The quantitative estimate of drug-likeness (QED) is 0.0344. The molecule has 380 valence electrons. The van der Waals surface area contributed by atoms with E-state index in [-0.39, 0.29) is 31.1 Å². The molecule has 64 heavy (non-hydrogen) atoms. The topological polar surface area (TPSA) is 78.9 Å². The molecule has 0 bridgehead atoms. The van der Waals surface area contributed by atoms with Gasteiger partial charge in [0.05, 0.1) is 0 Å². The van der Waals surface area contributed by atoms with E-state index in [0.717, 1.165) is 63.7 Å². The molecule has 0 aliphatic heterocycles. The number of unbranched alkanes of at least 4 members (excludes halogenated alkanes) is 40. The minimum atomic E-state index is -0.762. The van der Waals surface area contributed by atoms with Gasteiger partial charge >= 0.3 is 17.9 Å². The summed E-state index contributed by atoms with van der Waals surface area (Å²) >= 11 is 0. The highest BCUT2D eigenvalue weighted by Crippen LogP contribution is 2.18. The molecule has 0 aliphatic carbocycles. The van der Waals surface area contributed by atoms with Crippen molar-refractivity contribution in [2.45, 2.75) is 336 Å². The molecule has 0 spiro atoms. The van der Waals surface area contributed by atoms with Crippen LogP contribution in [0.5, 0.6) is 0 Å². The molecule has 0 amide bonds. The van der Waals surface area contributed by atoms with E-state index in [2.05, 4.69) is 27.7 Å². The summed E-state index contributed by atoms with van der Waals surface area (Å²) in [6, 6.07) is 0. The van der Waals surface area contributed by atoms with Crippen LogP contribution in [-0.4, -0.2) is 37.2 Å². The maximum absolute atomic E-state index is 12.8. The fourth-order valence-electron chi connectivity index (χ4n) is 8.92. The SMILES string of the molecule is CCCCCCCCCCCCCCCCCCCC(=O)O[C@H](COC(=O)CCCCCCCCCCCCCCCCCC)COC(=O)CCCCCCCCCCCCC(C)C. The Bertz CT molecular complexity index is 964. The molecule has 0 radical (unpaired) electrons. The maximum atomic E-state index is 12.8. The summed E-state index contributed by atoms with van der Waals surface area (Å²) in [6.07, 6.45) is 56.6. The number of hydrogen-bond donors (Lipinski definition) is 0. The molecule has 6 heteroatoms. The number of carbonyl (C=O) groups excluding carboxylic acids is 3. The van der Waals surface area contributed by atoms with Crippen LogP contribution in [0.15, 0.2) is 0 Å². The van der Waals surface area contributed by atoms with Crippen molar-refractivity contribution in [3.8, 4) is 0 Å². The summed E-state index contributed by atoms with van der Waals surface area (Å²) in [4.78, 5) is 38.1. The number of hydrogen-bond acceptors (Lipinski definition) is 6. The second kappa shape index (κ2) is 52.4. The normalized spacial score (nSPS) is 12.0. The number of rotatable bonds is 53. The summed E-state index contributed by atoms with van der Waals surface area (Å²) in [6.45, 7) is 9.05. The number of carbonyl (C=O) groups is 3. The Balaban J connectivity index is 4.29. The van der Waals surface area contributed by atoms with Crippen LogP contribution in [0.1, 0.15) is 329 Å². The highest BCUT2D eigenvalue weighted by Gasteiger charge is 2.19. The van der Waals surface area contributed by atoms with Crippen LogP contribution in [0.4, 0.5) is 0 Å². The lowest BCUT2D eigenvalue weighted by Gasteiger charge is -2.18. The lowest BCUT2D eigenvalue weighted by molar-refractivity contribution is -0.167. The molecule has 0 saturated heterocycles. The summed E-state index contributed by atoms with van der Waals surface area (Å²) < 4.78 is 16.9. The minimum absolute atomic E-state index is 0.0620. The van der Waals surface area contributed by atoms with E-state index in [9.17, 15) is 14.4 Å². The Morgan fingerprint density at radius 3 is 0.766 bits per heavy atom. The number of ether oxygens (including phenoxy) is 3. The average molecular weight is 906 g/mol. The molecule has 0 rings (SSSR count). The molecular weight excluding hydrogens is 793 g/mol. The van der Waals surface area contributed by atoms with Gasteiger partial charge in [0.2, 0.25) is 0 Å². The first-order chi connectivity index (χ1) is 31.4. The summed E-state index contributed by atoms with van der Waals surface area (Å²) in [5.74, 6) is -0.0177. The molecule has 0 unspecified atom stereocenters. The van der Waals surface area contributed by atoms with Crippen LogP contribution in [-0.2, 0) is 28.6 Å². The smallest absolute Gasteiger partial charge is 0.306 e. The third kappa shape index (κ3) is 51.4. The van der Waals surface area contributed by atoms with E-state index in [4.69, 9.17) is 14.2 Å². The van der Waals surface area contributed by atoms with Gasteiger partial charge in [-0.25, -0.2) is 0 Å². The van der Waals surface area contributed by atoms with E-state index in [0.29, 0.717) is 19.3 Å². The van der Waals surface area contributed by atoms with Crippen molar-refractivity contribution in [1.29, 1.82) is 0 Å². The molecule has 6 nitrogen and oxygen atoms in total. The first-order valence-electron chi connectivity index (χ1n) is 28.9. The molecule has 0 N–H and O–H groups in total. The second-order valence-electron chi connectivity index (χ2n) is 20.4. The lowest BCUT2D eigenvalue weighted by atomic mass is 10.0. The zero-order valence-corrected chi connectivity index (χ0v) is 43.8. The van der Waals surface area contributed by atoms with Gasteiger partial charge in [0, 0.05) is 19.3 Å². The van der Waals surface area contributed by atoms with E-state index in [1.165, 1.54) is 225 Å². The van der Waals surface area contributed by atoms with Crippen molar-refractivity contribution in [2.75, 3.05) is 13.2 Å². The minimum Gasteiger partial charge on any atom is -0.462 e. The van der Waals surface area contributed by atoms with Crippen molar-refractivity contribution in [1.82, 2.24) is 0 Å². The first-order valence-corrected chi connectivity index (χ1v) is 28.9. The van der Waals surface area contributed by atoms with E-state index < -0.39 is 6.10 Å². The molecule has 0 aromatic heterocycles. The molecule has 0 aromatic carbocycles. The highest BCUT2D eigenvalue weighted by atomic mass is 16.6. The Morgan fingerprint density at radius 1 is 0.297 bits per heavy atom. The fourth-order valence-corrected chi connectivity index (χ4v) is 8.92. The molecule has 0 heterocycles. The Kier molecular flexibility index (Phi) is 51.1. The molecule has 0 fully saturated rings. The van der Waals surface area contributed by atoms with Gasteiger partial charge in [-0.05, 0) is 25.2 Å². The van der Waals surface area contributed by atoms with Crippen LogP contribution in [0.25, 0.3) is 0 Å². The largest absolute Gasteiger partial charge is 0.462 e. The number of esters is 3. The molecular formula is C58H112O6. The second-order valence-corrected chi connectivity index (χ2v) is 20.4. The maximum Gasteiger partial charge on any atom is 0.306 e. The summed E-state index contributed by atoms with van der Waals surface area (Å²) in [5.41, 5.74) is 0. The Morgan fingerprint density at radius 2 is 0.516 bits per heavy atom. The monoisotopic (exact) mass is 905 g/mol. The van der Waals surface area contributed by atoms with Crippen molar-refractivity contribution in [3.63, 3.8) is 0 Å². The molecule has 0 aromatic rings. The Labute approximate surface area is 399 Å². The third-order valence-corrected chi connectivity index (χ3v) is 13.3. The molecule has 0 saturated carbocycles. The first kappa shape index (κ1) is 62.4. The van der Waals surface area contributed by atoms with E-state index >= 15 is 0 Å². The zero-order chi connectivity index (χ0) is 46.7. The fraction of sp³-hybridized carbons (Fsp3) is 0.948. The zero-order valence-electron chi connectivity index (χ0n) is 43.8. The molecule has 0 aliphatic rings. The predicted octanol–water partition coefficient (Wildman–Crippen LogP) is 19.0. The molecule has 1 atom stereocenters. The van der Waals surface area contributed by atoms with Crippen LogP contribution in [0.3, 0.4) is 0 Å². The van der Waals surface area contributed by atoms with Crippen LogP contribution in [0, 0.1) is 5.92 Å². The van der Waals surface area contributed by atoms with E-state index in [1.807, 2.05) is 0 Å². The van der Waals surface area contributed by atoms with Gasteiger partial charge in [-0.15, -0.1) is 0 Å². The highest BCUT2D eigenvalue weighted by molar-refractivity contribution is 5.71. The predicted molar refractivity (Wildman–Crippen MR) is 275 cm³/mol. The van der Waals surface area contributed by atoms with Crippen molar-refractivity contribution in [3.05, 3.63) is 0 Å². The summed E-state index contributed by atoms with van der Waals surface area (Å²) in [5, 5.41) is 0. The van der Waals surface area contributed by atoms with Gasteiger partial charge in [-0.2, -0.15) is 0 Å². The summed E-state index contributed by atoms with van der Waals surface area (Å²) in [7, 11) is 0. The van der Waals surface area contributed by atoms with Gasteiger partial charge in [0.25, 0.3) is 0 Å². The van der Waals surface area contributed by atoms with Crippen molar-refractivity contribution in [2.24, 2.45) is 5.92 Å². The Hall–Kier alpha value is -1.59. The van der Waals surface area contributed by atoms with Crippen LogP contribution in [0.2, 0.25) is 0 Å². The van der Waals surface area contributed by atoms with Crippen LogP contribution >= 0.6 is 0 Å². The third-order valence-electron chi connectivity index (χ3n) is 13.3. The van der Waals surface area contributed by atoms with Gasteiger partial charge in [-0.3, -0.25) is 14.4 Å². The van der Waals surface area contributed by atoms with Gasteiger partial charge in [-0.1, -0.05) is 291 Å².